The Morgan fingerprint density at radius 1 is 0.656 bits per heavy atom. The second-order valence-corrected chi connectivity index (χ2v) is 11.2. The van der Waals surface area contributed by atoms with Gasteiger partial charge in [-0.3, -0.25) is 0 Å². The Morgan fingerprint density at radius 2 is 1.00 bits per heavy atom. The van der Waals surface area contributed by atoms with Gasteiger partial charge in [-0.25, -0.2) is 0 Å². The third kappa shape index (κ3) is 16.1. The normalized spacial score (nSPS) is 20.1. The van der Waals surface area contributed by atoms with Crippen LogP contribution in [0.15, 0.2) is 0 Å². The first-order valence-corrected chi connectivity index (χ1v) is 11.0. The van der Waals surface area contributed by atoms with Gasteiger partial charge in [-0.15, -0.1) is 0 Å². The van der Waals surface area contributed by atoms with Crippen LogP contribution in [0.5, 0.6) is 0 Å². The van der Waals surface area contributed by atoms with Crippen LogP contribution in [0.4, 0.5) is 17.3 Å². The number of halogens is 4. The summed E-state index contributed by atoms with van der Waals surface area (Å²) >= 11 is 0. The van der Waals surface area contributed by atoms with Crippen molar-refractivity contribution in [2.24, 2.45) is 16.2 Å². The average molecular weight is 541 g/mol. The molecule has 0 bridgehead atoms. The average Bonchev–Trinajstić information content (AvgIpc) is 2.96. The van der Waals surface area contributed by atoms with Crippen LogP contribution in [-0.4, -0.2) is 7.25 Å². The van der Waals surface area contributed by atoms with Crippen molar-refractivity contribution in [3.05, 3.63) is 68.6 Å². The molecule has 2 fully saturated rings. The molecule has 0 saturated heterocycles. The standard InChI is InChI=1S/C18H31.C8H10.BF4.Ru/c1-16(2,3)12-13-14(17(4,5)6)10-11-15(13)18(7,8)9;1-2-8-6-4-3-5-7-8;2-1(3,4)5;/h10-11H,12H2,1-9H3;3-7H,2H2,1H3;;/q;;-1;+2. The maximum atomic E-state index is 9.75. The summed E-state index contributed by atoms with van der Waals surface area (Å²) in [5.41, 5.74) is 0.822. The molecule has 2 aliphatic carbocycles. The summed E-state index contributed by atoms with van der Waals surface area (Å²) in [6.45, 7) is 23.1. The van der Waals surface area contributed by atoms with Gasteiger partial charge in [0.05, 0.1) is 0 Å². The minimum atomic E-state index is -6.00. The van der Waals surface area contributed by atoms with Crippen LogP contribution in [0.1, 0.15) is 82.1 Å². The third-order valence-corrected chi connectivity index (χ3v) is 4.64. The van der Waals surface area contributed by atoms with Crippen molar-refractivity contribution in [2.45, 2.75) is 82.1 Å². The zero-order valence-corrected chi connectivity index (χ0v) is 23.1. The molecule has 0 spiro atoms. The van der Waals surface area contributed by atoms with Gasteiger partial charge in [0, 0.05) is 0 Å². The van der Waals surface area contributed by atoms with E-state index >= 15 is 0 Å². The van der Waals surface area contributed by atoms with Crippen LogP contribution in [-0.2, 0) is 19.5 Å². The maximum absolute atomic E-state index is 9.75. The first-order chi connectivity index (χ1) is 13.8. The van der Waals surface area contributed by atoms with Gasteiger partial charge in [0.2, 0.25) is 0 Å². The Bertz CT molecular complexity index is 452. The Labute approximate surface area is 210 Å². The minimum absolute atomic E-state index is 0. The third-order valence-electron chi connectivity index (χ3n) is 4.64. The molecule has 0 aromatic heterocycles. The first kappa shape index (κ1) is 34.6. The van der Waals surface area contributed by atoms with E-state index in [2.05, 4.69) is 108 Å². The van der Waals surface area contributed by atoms with Crippen molar-refractivity contribution in [3.63, 3.8) is 0 Å². The Kier molecular flexibility index (Phi) is 15.2. The zero-order chi connectivity index (χ0) is 24.7. The molecule has 32 heavy (non-hydrogen) atoms. The maximum Gasteiger partial charge on any atom is 2.00 e. The minimum Gasteiger partial charge on any atom is -0.418 e. The van der Waals surface area contributed by atoms with Gasteiger partial charge in [-0.1, -0.05) is 69.2 Å². The predicted molar refractivity (Wildman–Crippen MR) is 127 cm³/mol. The van der Waals surface area contributed by atoms with Gasteiger partial charge < -0.3 is 17.3 Å². The molecule has 0 unspecified atom stereocenters. The molecule has 6 heteroatoms. The van der Waals surface area contributed by atoms with E-state index in [1.165, 1.54) is 24.2 Å². The number of hydrogen-bond acceptors (Lipinski definition) is 0. The number of rotatable bonds is 2. The predicted octanol–water partition coefficient (Wildman–Crippen LogP) is 8.96. The Morgan fingerprint density at radius 3 is 1.22 bits per heavy atom. The van der Waals surface area contributed by atoms with Crippen LogP contribution >= 0.6 is 0 Å². The van der Waals surface area contributed by atoms with E-state index in [1.54, 1.807) is 5.92 Å². The van der Waals surface area contributed by atoms with E-state index in [-0.39, 0.29) is 30.3 Å². The van der Waals surface area contributed by atoms with Crippen molar-refractivity contribution < 1.29 is 36.7 Å². The van der Waals surface area contributed by atoms with Crippen molar-refractivity contribution in [2.75, 3.05) is 0 Å². The van der Waals surface area contributed by atoms with Gasteiger partial charge >= 0.3 is 26.7 Å². The fraction of sp³-hybridized carbons (Fsp3) is 0.577. The van der Waals surface area contributed by atoms with Gasteiger partial charge in [0.1, 0.15) is 0 Å². The molecule has 0 heterocycles. The summed E-state index contributed by atoms with van der Waals surface area (Å²) in [4.78, 5) is 0. The summed E-state index contributed by atoms with van der Waals surface area (Å²) in [5.74, 6) is 6.06. The largest absolute Gasteiger partial charge is 2.00 e. The smallest absolute Gasteiger partial charge is 0.418 e. The first-order valence-electron chi connectivity index (χ1n) is 11.0. The summed E-state index contributed by atoms with van der Waals surface area (Å²) in [5, 5.41) is 0. The molecule has 0 amide bonds. The Balaban J connectivity index is 0. The second-order valence-electron chi connectivity index (χ2n) is 11.2. The SMILES string of the molecule is CC(C)(C)C[C]1[C](C(C)(C)C)[CH][CH][C]1C(C)(C)C.CC[C]1[CH][CH][CH][CH][CH]1.F[B-](F)(F)F.[Ru+2]. The fourth-order valence-electron chi connectivity index (χ4n) is 3.35. The van der Waals surface area contributed by atoms with Crippen LogP contribution in [0.2, 0.25) is 0 Å². The summed E-state index contributed by atoms with van der Waals surface area (Å²) in [7, 11) is -6.00. The Hall–Kier alpha value is 0.408. The second kappa shape index (κ2) is 14.1. The fourth-order valence-corrected chi connectivity index (χ4v) is 3.35. The molecule has 2 saturated carbocycles. The summed E-state index contributed by atoms with van der Waals surface area (Å²) < 4.78 is 39.0. The molecule has 0 aliphatic heterocycles. The molecule has 0 N–H and O–H groups in total. The number of hydrogen-bond donors (Lipinski definition) is 0. The van der Waals surface area contributed by atoms with Gasteiger partial charge in [0.15, 0.2) is 0 Å². The molecule has 0 aromatic rings. The molecule has 0 nitrogen and oxygen atoms in total. The van der Waals surface area contributed by atoms with Crippen molar-refractivity contribution >= 4 is 7.25 Å². The quantitative estimate of drug-likeness (QED) is 0.242. The molecule has 2 aliphatic rings. The molecule has 0 atom stereocenters. The van der Waals surface area contributed by atoms with Crippen molar-refractivity contribution in [1.29, 1.82) is 0 Å². The van der Waals surface area contributed by atoms with E-state index < -0.39 is 7.25 Å². The van der Waals surface area contributed by atoms with Crippen molar-refractivity contribution in [1.82, 2.24) is 0 Å². The van der Waals surface area contributed by atoms with Gasteiger partial charge in [-0.2, -0.15) is 0 Å². The molecule has 183 valence electrons. The topological polar surface area (TPSA) is 0 Å². The van der Waals surface area contributed by atoms with Crippen LogP contribution < -0.4 is 0 Å². The molecular weight excluding hydrogens is 500 g/mol. The monoisotopic (exact) mass is 542 g/mol. The van der Waals surface area contributed by atoms with Crippen LogP contribution in [0, 0.1) is 84.9 Å². The van der Waals surface area contributed by atoms with Crippen molar-refractivity contribution in [3.8, 4) is 0 Å². The van der Waals surface area contributed by atoms with E-state index in [9.17, 15) is 17.3 Å². The van der Waals surface area contributed by atoms with E-state index in [4.69, 9.17) is 0 Å². The van der Waals surface area contributed by atoms with E-state index in [0.29, 0.717) is 5.41 Å². The van der Waals surface area contributed by atoms with E-state index in [0.717, 1.165) is 6.42 Å². The van der Waals surface area contributed by atoms with Crippen LogP contribution in [0.25, 0.3) is 0 Å². The zero-order valence-electron chi connectivity index (χ0n) is 21.4. The van der Waals surface area contributed by atoms with Gasteiger partial charge in [0.25, 0.3) is 0 Å². The summed E-state index contributed by atoms with van der Waals surface area (Å²) in [6, 6.07) is 0. The van der Waals surface area contributed by atoms with E-state index in [1.807, 2.05) is 6.42 Å². The summed E-state index contributed by atoms with van der Waals surface area (Å²) in [6.07, 6.45) is 17.5. The molecular formula is C26H41BF4Ru+. The molecule has 2 rings (SSSR count). The van der Waals surface area contributed by atoms with Crippen LogP contribution in [0.3, 0.4) is 0 Å². The van der Waals surface area contributed by atoms with Gasteiger partial charge in [-0.05, 0) is 97.7 Å². The molecule has 11 radical (unpaired) electrons. The molecule has 0 aromatic carbocycles.